The first-order valence-corrected chi connectivity index (χ1v) is 15.1. The molecule has 0 saturated carbocycles. The van der Waals surface area contributed by atoms with Gasteiger partial charge in [-0.05, 0) is 63.0 Å². The molecule has 0 N–H and O–H groups in total. The van der Waals surface area contributed by atoms with Gasteiger partial charge >= 0.3 is 0 Å². The SMILES string of the molecule is CC1(C)c2cccnc2-c2nc(-c3ccc(-c4ccc(-c5cc6c7ccccc7oc6c6ccccc56)cc4)cc3)ccc21. The van der Waals surface area contributed by atoms with Crippen LogP contribution >= 0.6 is 0 Å². The van der Waals surface area contributed by atoms with Crippen LogP contribution in [-0.4, -0.2) is 9.97 Å². The van der Waals surface area contributed by atoms with E-state index in [0.717, 1.165) is 50.0 Å². The van der Waals surface area contributed by atoms with E-state index in [2.05, 4.69) is 128 Å². The highest BCUT2D eigenvalue weighted by Gasteiger charge is 2.37. The van der Waals surface area contributed by atoms with Gasteiger partial charge in [-0.2, -0.15) is 0 Å². The fraction of sp³-hybridized carbons (Fsp3) is 0.0732. The molecule has 0 aliphatic heterocycles. The summed E-state index contributed by atoms with van der Waals surface area (Å²) >= 11 is 0. The Morgan fingerprint density at radius 1 is 0.523 bits per heavy atom. The van der Waals surface area contributed by atoms with E-state index in [1.165, 1.54) is 38.8 Å². The molecule has 208 valence electrons. The van der Waals surface area contributed by atoms with Crippen LogP contribution in [0.15, 0.2) is 138 Å². The van der Waals surface area contributed by atoms with Crippen LogP contribution in [0.5, 0.6) is 0 Å². The monoisotopic (exact) mass is 564 g/mol. The number of hydrogen-bond donors (Lipinski definition) is 0. The summed E-state index contributed by atoms with van der Waals surface area (Å²) in [6.07, 6.45) is 1.86. The molecule has 0 unspecified atom stereocenters. The van der Waals surface area contributed by atoms with Gasteiger partial charge in [0, 0.05) is 33.3 Å². The van der Waals surface area contributed by atoms with E-state index in [1.54, 1.807) is 0 Å². The molecule has 5 aromatic carbocycles. The average molecular weight is 565 g/mol. The zero-order valence-electron chi connectivity index (χ0n) is 24.5. The Bertz CT molecular complexity index is 2400. The summed E-state index contributed by atoms with van der Waals surface area (Å²) in [5.74, 6) is 0. The quantitative estimate of drug-likeness (QED) is 0.214. The van der Waals surface area contributed by atoms with Crippen LogP contribution in [0.1, 0.15) is 25.0 Å². The Labute approximate surface area is 255 Å². The number of hydrogen-bond acceptors (Lipinski definition) is 3. The maximum atomic E-state index is 6.31. The van der Waals surface area contributed by atoms with Crippen molar-refractivity contribution < 1.29 is 4.42 Å². The first-order valence-electron chi connectivity index (χ1n) is 15.1. The van der Waals surface area contributed by atoms with E-state index >= 15 is 0 Å². The second-order valence-corrected chi connectivity index (χ2v) is 12.2. The van der Waals surface area contributed by atoms with Crippen LogP contribution in [0.4, 0.5) is 0 Å². The van der Waals surface area contributed by atoms with Crippen LogP contribution in [-0.2, 0) is 5.41 Å². The van der Waals surface area contributed by atoms with E-state index in [9.17, 15) is 0 Å². The third-order valence-corrected chi connectivity index (χ3v) is 9.37. The summed E-state index contributed by atoms with van der Waals surface area (Å²) in [7, 11) is 0. The van der Waals surface area contributed by atoms with Gasteiger partial charge in [0.25, 0.3) is 0 Å². The second kappa shape index (κ2) is 9.23. The summed E-state index contributed by atoms with van der Waals surface area (Å²) in [4.78, 5) is 9.79. The summed E-state index contributed by atoms with van der Waals surface area (Å²) < 4.78 is 6.31. The van der Waals surface area contributed by atoms with Crippen LogP contribution < -0.4 is 0 Å². The van der Waals surface area contributed by atoms with Crippen molar-refractivity contribution in [3.63, 3.8) is 0 Å². The van der Waals surface area contributed by atoms with Crippen molar-refractivity contribution in [1.82, 2.24) is 9.97 Å². The van der Waals surface area contributed by atoms with Crippen LogP contribution in [0.3, 0.4) is 0 Å². The van der Waals surface area contributed by atoms with Crippen molar-refractivity contribution in [2.75, 3.05) is 0 Å². The summed E-state index contributed by atoms with van der Waals surface area (Å²) in [5.41, 5.74) is 13.1. The van der Waals surface area contributed by atoms with Gasteiger partial charge in [-0.3, -0.25) is 4.98 Å². The second-order valence-electron chi connectivity index (χ2n) is 12.2. The molecule has 0 fully saturated rings. The molecule has 3 nitrogen and oxygen atoms in total. The van der Waals surface area contributed by atoms with Crippen molar-refractivity contribution in [3.8, 4) is 44.9 Å². The molecule has 0 amide bonds. The molecule has 8 aromatic rings. The minimum atomic E-state index is -0.0924. The molecule has 3 heteroatoms. The van der Waals surface area contributed by atoms with Crippen molar-refractivity contribution >= 4 is 32.7 Å². The third-order valence-electron chi connectivity index (χ3n) is 9.37. The number of fused-ring (bicyclic) bond motifs is 8. The molecule has 0 spiro atoms. The van der Waals surface area contributed by atoms with Crippen molar-refractivity contribution in [1.29, 1.82) is 0 Å². The number of para-hydroxylation sites is 1. The number of aromatic nitrogens is 2. The third kappa shape index (κ3) is 3.62. The normalized spacial score (nSPS) is 13.4. The fourth-order valence-electron chi connectivity index (χ4n) is 7.01. The van der Waals surface area contributed by atoms with Crippen molar-refractivity contribution in [2.24, 2.45) is 0 Å². The van der Waals surface area contributed by atoms with Gasteiger partial charge in [-0.1, -0.05) is 117 Å². The van der Waals surface area contributed by atoms with Crippen LogP contribution in [0.25, 0.3) is 77.6 Å². The number of rotatable bonds is 3. The highest BCUT2D eigenvalue weighted by molar-refractivity contribution is 6.19. The van der Waals surface area contributed by atoms with E-state index in [-0.39, 0.29) is 5.41 Å². The maximum Gasteiger partial charge on any atom is 0.143 e. The minimum Gasteiger partial charge on any atom is -0.455 e. The van der Waals surface area contributed by atoms with Gasteiger partial charge in [0.2, 0.25) is 0 Å². The summed E-state index contributed by atoms with van der Waals surface area (Å²) in [5, 5.41) is 4.63. The number of nitrogens with zero attached hydrogens (tertiary/aromatic N) is 2. The molecule has 0 saturated heterocycles. The Hall–Kier alpha value is -5.54. The summed E-state index contributed by atoms with van der Waals surface area (Å²) in [6.45, 7) is 4.50. The molecule has 3 heterocycles. The predicted molar refractivity (Wildman–Crippen MR) is 181 cm³/mol. The molecule has 0 atom stereocenters. The van der Waals surface area contributed by atoms with Gasteiger partial charge in [0.05, 0.1) is 17.1 Å². The molecule has 1 aliphatic carbocycles. The molecule has 9 rings (SSSR count). The Balaban J connectivity index is 1.06. The minimum absolute atomic E-state index is 0.0924. The zero-order chi connectivity index (χ0) is 29.4. The highest BCUT2D eigenvalue weighted by Crippen LogP contribution is 2.47. The highest BCUT2D eigenvalue weighted by atomic mass is 16.3. The van der Waals surface area contributed by atoms with Crippen LogP contribution in [0, 0.1) is 0 Å². The van der Waals surface area contributed by atoms with E-state index in [4.69, 9.17) is 9.40 Å². The number of furan rings is 1. The van der Waals surface area contributed by atoms with Crippen molar-refractivity contribution in [2.45, 2.75) is 19.3 Å². The maximum absolute atomic E-state index is 6.31. The standard InChI is InChI=1S/C41H28N2O/c1-41(2)34-11-7-23-42-38(34)39-35(41)21-22-36(43-39)28-19-15-26(16-20-28)25-13-17-27(18-14-25)32-24-33-30-9-5-6-12-37(30)44-40(33)31-10-4-3-8-29(31)32/h3-24H,1-2H3. The lowest BCUT2D eigenvalue weighted by Gasteiger charge is -2.20. The van der Waals surface area contributed by atoms with E-state index in [1.807, 2.05) is 24.4 Å². The molecular weight excluding hydrogens is 536 g/mol. The van der Waals surface area contributed by atoms with E-state index in [0.29, 0.717) is 0 Å². The molecule has 0 bridgehead atoms. The smallest absolute Gasteiger partial charge is 0.143 e. The molecule has 0 radical (unpaired) electrons. The summed E-state index contributed by atoms with van der Waals surface area (Å²) in [6, 6.07) is 45.3. The zero-order valence-corrected chi connectivity index (χ0v) is 24.5. The van der Waals surface area contributed by atoms with E-state index < -0.39 is 0 Å². The van der Waals surface area contributed by atoms with Gasteiger partial charge in [0.1, 0.15) is 11.2 Å². The molecule has 3 aromatic heterocycles. The topological polar surface area (TPSA) is 38.9 Å². The first kappa shape index (κ1) is 25.0. The van der Waals surface area contributed by atoms with Gasteiger partial charge in [-0.25, -0.2) is 4.98 Å². The molecular formula is C41H28N2O. The average Bonchev–Trinajstić information content (AvgIpc) is 3.57. The number of benzene rings is 5. The Morgan fingerprint density at radius 2 is 1.16 bits per heavy atom. The fourth-order valence-corrected chi connectivity index (χ4v) is 7.01. The molecule has 44 heavy (non-hydrogen) atoms. The predicted octanol–water partition coefficient (Wildman–Crippen LogP) is 10.8. The lowest BCUT2D eigenvalue weighted by atomic mass is 9.83. The largest absolute Gasteiger partial charge is 0.455 e. The lowest BCUT2D eigenvalue weighted by Crippen LogP contribution is -2.15. The Morgan fingerprint density at radius 3 is 1.93 bits per heavy atom. The number of pyridine rings is 2. The molecule has 1 aliphatic rings. The Kier molecular flexibility index (Phi) is 5.24. The van der Waals surface area contributed by atoms with Gasteiger partial charge < -0.3 is 4.42 Å². The lowest BCUT2D eigenvalue weighted by molar-refractivity contribution is 0.658. The van der Waals surface area contributed by atoms with Gasteiger partial charge in [-0.15, -0.1) is 0 Å². The van der Waals surface area contributed by atoms with Crippen LogP contribution in [0.2, 0.25) is 0 Å². The van der Waals surface area contributed by atoms with Gasteiger partial charge in [0.15, 0.2) is 0 Å². The first-order chi connectivity index (χ1) is 21.6. The van der Waals surface area contributed by atoms with Crippen molar-refractivity contribution in [3.05, 3.63) is 145 Å².